The highest BCUT2D eigenvalue weighted by Crippen LogP contribution is 2.27. The SMILES string of the molecule is O=CC1CCCN(CC(c2ccccc2)c2ccccc2)C1. The normalized spacial score (nSPS) is 19.2. The van der Waals surface area contributed by atoms with Gasteiger partial charge in [-0.05, 0) is 30.5 Å². The van der Waals surface area contributed by atoms with Gasteiger partial charge in [0.1, 0.15) is 6.29 Å². The molecule has 1 aliphatic heterocycles. The van der Waals surface area contributed by atoms with Gasteiger partial charge in [-0.1, -0.05) is 60.7 Å². The lowest BCUT2D eigenvalue weighted by Gasteiger charge is -2.33. The Labute approximate surface area is 132 Å². The molecule has 1 unspecified atom stereocenters. The summed E-state index contributed by atoms with van der Waals surface area (Å²) in [5.74, 6) is 0.578. The predicted molar refractivity (Wildman–Crippen MR) is 90.0 cm³/mol. The second-order valence-electron chi connectivity index (χ2n) is 6.17. The summed E-state index contributed by atoms with van der Waals surface area (Å²) in [7, 11) is 0. The lowest BCUT2D eigenvalue weighted by atomic mass is 9.89. The van der Waals surface area contributed by atoms with Gasteiger partial charge in [-0.2, -0.15) is 0 Å². The molecule has 2 aromatic carbocycles. The molecule has 114 valence electrons. The summed E-state index contributed by atoms with van der Waals surface area (Å²) in [4.78, 5) is 13.6. The van der Waals surface area contributed by atoms with E-state index in [1.54, 1.807) is 0 Å². The Morgan fingerprint density at radius 1 is 1.00 bits per heavy atom. The van der Waals surface area contributed by atoms with Gasteiger partial charge in [0.25, 0.3) is 0 Å². The fourth-order valence-electron chi connectivity index (χ4n) is 3.40. The lowest BCUT2D eigenvalue weighted by Crippen LogP contribution is -2.38. The highest BCUT2D eigenvalue weighted by molar-refractivity contribution is 5.54. The summed E-state index contributed by atoms with van der Waals surface area (Å²) in [6.45, 7) is 2.98. The van der Waals surface area contributed by atoms with E-state index in [1.165, 1.54) is 11.1 Å². The first-order valence-electron chi connectivity index (χ1n) is 8.14. The molecule has 0 saturated carbocycles. The van der Waals surface area contributed by atoms with Crippen LogP contribution < -0.4 is 0 Å². The Balaban J connectivity index is 1.82. The standard InChI is InChI=1S/C20H23NO/c22-16-17-8-7-13-21(14-17)15-20(18-9-3-1-4-10-18)19-11-5-2-6-12-19/h1-6,9-12,16-17,20H,7-8,13-15H2. The molecular formula is C20H23NO. The number of nitrogens with zero attached hydrogens (tertiary/aromatic N) is 1. The van der Waals surface area contributed by atoms with Crippen molar-refractivity contribution in [1.82, 2.24) is 4.90 Å². The molecule has 22 heavy (non-hydrogen) atoms. The Morgan fingerprint density at radius 2 is 1.59 bits per heavy atom. The smallest absolute Gasteiger partial charge is 0.124 e. The fourth-order valence-corrected chi connectivity index (χ4v) is 3.40. The Morgan fingerprint density at radius 3 is 2.14 bits per heavy atom. The largest absolute Gasteiger partial charge is 0.303 e. The monoisotopic (exact) mass is 293 g/mol. The van der Waals surface area contributed by atoms with Gasteiger partial charge in [0.2, 0.25) is 0 Å². The van der Waals surface area contributed by atoms with Gasteiger partial charge >= 0.3 is 0 Å². The van der Waals surface area contributed by atoms with E-state index in [-0.39, 0.29) is 5.92 Å². The zero-order valence-corrected chi connectivity index (χ0v) is 12.9. The van der Waals surface area contributed by atoms with Crippen molar-refractivity contribution in [3.8, 4) is 0 Å². The highest BCUT2D eigenvalue weighted by Gasteiger charge is 2.23. The van der Waals surface area contributed by atoms with E-state index in [4.69, 9.17) is 0 Å². The van der Waals surface area contributed by atoms with Crippen LogP contribution in [0.3, 0.4) is 0 Å². The fraction of sp³-hybridized carbons (Fsp3) is 0.350. The Hall–Kier alpha value is -1.93. The summed E-state index contributed by atoms with van der Waals surface area (Å²) in [5.41, 5.74) is 2.70. The minimum absolute atomic E-state index is 0.209. The van der Waals surface area contributed by atoms with Crippen LogP contribution in [0.5, 0.6) is 0 Å². The number of aldehydes is 1. The number of benzene rings is 2. The van der Waals surface area contributed by atoms with Crippen molar-refractivity contribution >= 4 is 6.29 Å². The predicted octanol–water partition coefficient (Wildman–Crippen LogP) is 3.73. The molecular weight excluding hydrogens is 270 g/mol. The number of rotatable bonds is 5. The van der Waals surface area contributed by atoms with E-state index in [0.717, 1.165) is 38.8 Å². The maximum absolute atomic E-state index is 11.1. The minimum Gasteiger partial charge on any atom is -0.303 e. The molecule has 1 atom stereocenters. The van der Waals surface area contributed by atoms with Gasteiger partial charge in [0.15, 0.2) is 0 Å². The minimum atomic E-state index is 0.209. The average molecular weight is 293 g/mol. The second-order valence-corrected chi connectivity index (χ2v) is 6.17. The molecule has 0 N–H and O–H groups in total. The molecule has 0 bridgehead atoms. The molecule has 0 radical (unpaired) electrons. The number of carbonyl (C=O) groups is 1. The van der Waals surface area contributed by atoms with Crippen molar-refractivity contribution in [1.29, 1.82) is 0 Å². The van der Waals surface area contributed by atoms with Crippen molar-refractivity contribution in [2.45, 2.75) is 18.8 Å². The maximum Gasteiger partial charge on any atom is 0.124 e. The number of hydrogen-bond acceptors (Lipinski definition) is 2. The van der Waals surface area contributed by atoms with Crippen LogP contribution in [0.25, 0.3) is 0 Å². The molecule has 2 heteroatoms. The summed E-state index contributed by atoms with van der Waals surface area (Å²) >= 11 is 0. The third-order valence-corrected chi connectivity index (χ3v) is 4.58. The van der Waals surface area contributed by atoms with Crippen LogP contribution >= 0.6 is 0 Å². The van der Waals surface area contributed by atoms with Gasteiger partial charge in [-0.15, -0.1) is 0 Å². The number of carbonyl (C=O) groups excluding carboxylic acids is 1. The van der Waals surface area contributed by atoms with Crippen molar-refractivity contribution in [3.63, 3.8) is 0 Å². The summed E-state index contributed by atoms with van der Waals surface area (Å²) < 4.78 is 0. The van der Waals surface area contributed by atoms with Gasteiger partial charge in [0.05, 0.1) is 0 Å². The van der Waals surface area contributed by atoms with Crippen LogP contribution in [0.1, 0.15) is 29.9 Å². The lowest BCUT2D eigenvalue weighted by molar-refractivity contribution is -0.112. The van der Waals surface area contributed by atoms with E-state index >= 15 is 0 Å². The van der Waals surface area contributed by atoms with Crippen molar-refractivity contribution in [3.05, 3.63) is 71.8 Å². The molecule has 0 spiro atoms. The van der Waals surface area contributed by atoms with Crippen LogP contribution in [-0.4, -0.2) is 30.8 Å². The van der Waals surface area contributed by atoms with Gasteiger partial charge in [0, 0.05) is 24.9 Å². The van der Waals surface area contributed by atoms with Crippen molar-refractivity contribution in [2.24, 2.45) is 5.92 Å². The van der Waals surface area contributed by atoms with Gasteiger partial charge in [-0.3, -0.25) is 0 Å². The molecule has 1 heterocycles. The molecule has 0 aromatic heterocycles. The quantitative estimate of drug-likeness (QED) is 0.783. The summed E-state index contributed by atoms with van der Waals surface area (Å²) in [6.07, 6.45) is 3.30. The number of hydrogen-bond donors (Lipinski definition) is 0. The molecule has 1 saturated heterocycles. The third kappa shape index (κ3) is 3.63. The van der Waals surface area contributed by atoms with Crippen LogP contribution in [0.2, 0.25) is 0 Å². The third-order valence-electron chi connectivity index (χ3n) is 4.58. The molecule has 0 amide bonds. The number of piperidine rings is 1. The molecule has 1 aliphatic rings. The van der Waals surface area contributed by atoms with Crippen molar-refractivity contribution < 1.29 is 4.79 Å². The average Bonchev–Trinajstić information content (AvgIpc) is 2.61. The van der Waals surface area contributed by atoms with E-state index in [0.29, 0.717) is 5.92 Å². The first kappa shape index (κ1) is 15.0. The molecule has 2 aromatic rings. The highest BCUT2D eigenvalue weighted by atomic mass is 16.1. The first-order valence-corrected chi connectivity index (χ1v) is 8.14. The van der Waals surface area contributed by atoms with E-state index in [1.807, 2.05) is 0 Å². The molecule has 2 nitrogen and oxygen atoms in total. The van der Waals surface area contributed by atoms with E-state index < -0.39 is 0 Å². The van der Waals surface area contributed by atoms with Crippen LogP contribution in [0, 0.1) is 5.92 Å². The van der Waals surface area contributed by atoms with Crippen LogP contribution in [0.15, 0.2) is 60.7 Å². The summed E-state index contributed by atoms with van der Waals surface area (Å²) in [5, 5.41) is 0. The Bertz CT molecular complexity index is 542. The topological polar surface area (TPSA) is 20.3 Å². The summed E-state index contributed by atoms with van der Waals surface area (Å²) in [6, 6.07) is 21.4. The Kier molecular flexibility index (Phi) is 5.02. The molecule has 1 fully saturated rings. The van der Waals surface area contributed by atoms with E-state index in [2.05, 4.69) is 65.6 Å². The van der Waals surface area contributed by atoms with Gasteiger partial charge < -0.3 is 9.69 Å². The zero-order valence-electron chi connectivity index (χ0n) is 12.9. The van der Waals surface area contributed by atoms with Crippen molar-refractivity contribution in [2.75, 3.05) is 19.6 Å². The van der Waals surface area contributed by atoms with Gasteiger partial charge in [-0.25, -0.2) is 0 Å². The molecule has 0 aliphatic carbocycles. The molecule has 3 rings (SSSR count). The van der Waals surface area contributed by atoms with Crippen LogP contribution in [-0.2, 0) is 4.79 Å². The number of likely N-dealkylation sites (tertiary alicyclic amines) is 1. The first-order chi connectivity index (χ1) is 10.9. The van der Waals surface area contributed by atoms with Crippen LogP contribution in [0.4, 0.5) is 0 Å². The zero-order chi connectivity index (χ0) is 15.2. The van der Waals surface area contributed by atoms with E-state index in [9.17, 15) is 4.79 Å². The maximum atomic E-state index is 11.1. The second kappa shape index (κ2) is 7.37.